The maximum absolute atomic E-state index is 12.7. The van der Waals surface area contributed by atoms with Gasteiger partial charge in [-0.1, -0.05) is 37.6 Å². The minimum absolute atomic E-state index is 0.0248. The maximum atomic E-state index is 12.7. The summed E-state index contributed by atoms with van der Waals surface area (Å²) in [7, 11) is 0. The molecule has 1 aliphatic heterocycles. The van der Waals surface area contributed by atoms with Gasteiger partial charge in [-0.15, -0.1) is 11.8 Å². The topological polar surface area (TPSA) is 108 Å². The summed E-state index contributed by atoms with van der Waals surface area (Å²) in [6.45, 7) is 2.30. The van der Waals surface area contributed by atoms with E-state index in [4.69, 9.17) is 4.99 Å². The second kappa shape index (κ2) is 8.85. The number of thioether (sulfide) groups is 1. The van der Waals surface area contributed by atoms with Crippen LogP contribution in [-0.4, -0.2) is 25.5 Å². The van der Waals surface area contributed by atoms with E-state index < -0.39 is 11.2 Å². The van der Waals surface area contributed by atoms with Crippen molar-refractivity contribution in [3.63, 3.8) is 0 Å². The van der Waals surface area contributed by atoms with Crippen LogP contribution >= 0.6 is 11.8 Å². The summed E-state index contributed by atoms with van der Waals surface area (Å²) in [4.78, 5) is 33.0. The number of unbranched alkanes of at least 4 members (excludes halogenated alkanes) is 1. The van der Waals surface area contributed by atoms with Gasteiger partial charge in [-0.3, -0.25) is 19.3 Å². The highest BCUT2D eigenvalue weighted by Gasteiger charge is 2.27. The highest BCUT2D eigenvalue weighted by atomic mass is 32.2. The van der Waals surface area contributed by atoms with Crippen LogP contribution in [-0.2, 0) is 6.54 Å². The second-order valence-corrected chi connectivity index (χ2v) is 8.64. The highest BCUT2D eigenvalue weighted by Crippen LogP contribution is 2.45. The van der Waals surface area contributed by atoms with E-state index in [1.807, 2.05) is 43.3 Å². The van der Waals surface area contributed by atoms with Crippen LogP contribution in [0.1, 0.15) is 42.6 Å². The predicted octanol–water partition coefficient (Wildman–Crippen LogP) is 4.11. The van der Waals surface area contributed by atoms with E-state index in [0.29, 0.717) is 30.8 Å². The number of hydrogen-bond acceptors (Lipinski definition) is 6. The summed E-state index contributed by atoms with van der Waals surface area (Å²) in [5, 5.41) is 20.4. The van der Waals surface area contributed by atoms with Crippen LogP contribution in [0.3, 0.4) is 0 Å². The van der Waals surface area contributed by atoms with E-state index in [2.05, 4.69) is 4.98 Å². The van der Waals surface area contributed by atoms with Crippen LogP contribution in [0.5, 0.6) is 11.6 Å². The zero-order chi connectivity index (χ0) is 22.0. The second-order valence-electron chi connectivity index (χ2n) is 7.39. The summed E-state index contributed by atoms with van der Waals surface area (Å²) < 4.78 is 1.20. The molecule has 7 nitrogen and oxygen atoms in total. The minimum Gasteiger partial charge on any atom is -0.508 e. The fourth-order valence-electron chi connectivity index (χ4n) is 3.59. The maximum Gasteiger partial charge on any atom is 0.331 e. The predicted molar refractivity (Wildman–Crippen MR) is 122 cm³/mol. The standard InChI is InChI=1S/C23H23N3O4S/c1-2-3-12-26-22(29)20(21(28)25-23(26)30)17-13-19(14-8-10-15(27)11-9-14)31-18-7-5-4-6-16(18)24-17/h4-11,19,27,29H,2-3,12-13H2,1H3,(H,25,28,30). The molecule has 2 heterocycles. The Bertz CT molecular complexity index is 1240. The number of aromatic hydroxyl groups is 2. The number of phenolic OH excluding ortho intramolecular Hbond substituents is 1. The van der Waals surface area contributed by atoms with Gasteiger partial charge in [-0.05, 0) is 36.2 Å². The lowest BCUT2D eigenvalue weighted by Gasteiger charge is -2.17. The Hall–Kier alpha value is -3.26. The van der Waals surface area contributed by atoms with E-state index in [-0.39, 0.29) is 22.4 Å². The molecule has 4 rings (SSSR count). The fourth-order valence-corrected chi connectivity index (χ4v) is 4.82. The summed E-state index contributed by atoms with van der Waals surface area (Å²) >= 11 is 1.61. The molecule has 0 bridgehead atoms. The van der Waals surface area contributed by atoms with Gasteiger partial charge in [-0.2, -0.15) is 0 Å². The highest BCUT2D eigenvalue weighted by molar-refractivity contribution is 7.99. The number of benzene rings is 2. The monoisotopic (exact) mass is 437 g/mol. The number of rotatable bonds is 5. The molecule has 3 aromatic rings. The number of aromatic nitrogens is 2. The number of hydrogen-bond donors (Lipinski definition) is 3. The Kier molecular flexibility index (Phi) is 5.99. The third kappa shape index (κ3) is 4.29. The summed E-state index contributed by atoms with van der Waals surface area (Å²) in [5.41, 5.74) is 0.828. The molecule has 2 aromatic carbocycles. The zero-order valence-electron chi connectivity index (χ0n) is 17.0. The van der Waals surface area contributed by atoms with Crippen molar-refractivity contribution in [1.29, 1.82) is 0 Å². The van der Waals surface area contributed by atoms with Gasteiger partial charge in [-0.25, -0.2) is 4.79 Å². The van der Waals surface area contributed by atoms with Crippen LogP contribution in [0, 0.1) is 0 Å². The Morgan fingerprint density at radius 2 is 1.87 bits per heavy atom. The molecule has 1 atom stereocenters. The molecule has 0 radical (unpaired) electrons. The van der Waals surface area contributed by atoms with Crippen molar-refractivity contribution in [1.82, 2.24) is 9.55 Å². The molecule has 0 amide bonds. The third-order valence-corrected chi connectivity index (χ3v) is 6.55. The largest absolute Gasteiger partial charge is 0.508 e. The normalized spacial score (nSPS) is 15.8. The Morgan fingerprint density at radius 3 is 2.61 bits per heavy atom. The lowest BCUT2D eigenvalue weighted by atomic mass is 10.0. The first-order valence-corrected chi connectivity index (χ1v) is 11.0. The van der Waals surface area contributed by atoms with Crippen LogP contribution in [0.25, 0.3) is 0 Å². The van der Waals surface area contributed by atoms with Crippen molar-refractivity contribution in [2.24, 2.45) is 4.99 Å². The van der Waals surface area contributed by atoms with Crippen molar-refractivity contribution in [3.8, 4) is 11.6 Å². The molecular weight excluding hydrogens is 414 g/mol. The molecule has 0 fully saturated rings. The Labute approximate surface area is 183 Å². The lowest BCUT2D eigenvalue weighted by Crippen LogP contribution is -2.34. The van der Waals surface area contributed by atoms with E-state index >= 15 is 0 Å². The van der Waals surface area contributed by atoms with Gasteiger partial charge >= 0.3 is 5.69 Å². The van der Waals surface area contributed by atoms with Crippen LogP contribution in [0.15, 0.2) is 68.0 Å². The molecule has 1 aromatic heterocycles. The molecule has 1 aliphatic rings. The zero-order valence-corrected chi connectivity index (χ0v) is 17.9. The van der Waals surface area contributed by atoms with Crippen molar-refractivity contribution in [3.05, 3.63) is 80.5 Å². The Balaban J connectivity index is 1.87. The molecule has 3 N–H and O–H groups in total. The van der Waals surface area contributed by atoms with Gasteiger partial charge in [0.25, 0.3) is 5.56 Å². The van der Waals surface area contributed by atoms with Gasteiger partial charge < -0.3 is 10.2 Å². The number of H-pyrrole nitrogens is 1. The average Bonchev–Trinajstić information content (AvgIpc) is 2.93. The average molecular weight is 438 g/mol. The van der Waals surface area contributed by atoms with Crippen molar-refractivity contribution in [2.45, 2.75) is 42.9 Å². The molecule has 160 valence electrons. The van der Waals surface area contributed by atoms with E-state index in [1.54, 1.807) is 23.9 Å². The smallest absolute Gasteiger partial charge is 0.331 e. The molecule has 31 heavy (non-hydrogen) atoms. The molecule has 0 spiro atoms. The molecular formula is C23H23N3O4S. The minimum atomic E-state index is -0.650. The van der Waals surface area contributed by atoms with Gasteiger partial charge in [0.2, 0.25) is 5.88 Å². The van der Waals surface area contributed by atoms with Gasteiger partial charge in [0.1, 0.15) is 11.3 Å². The number of nitrogens with one attached hydrogen (secondary N) is 1. The number of phenols is 1. The van der Waals surface area contributed by atoms with Crippen molar-refractivity contribution < 1.29 is 10.2 Å². The fraction of sp³-hybridized carbons (Fsp3) is 0.261. The summed E-state index contributed by atoms with van der Waals surface area (Å²) in [6.07, 6.45) is 1.90. The quantitative estimate of drug-likeness (QED) is 0.557. The van der Waals surface area contributed by atoms with Crippen LogP contribution < -0.4 is 11.2 Å². The van der Waals surface area contributed by atoms with Crippen LogP contribution in [0.2, 0.25) is 0 Å². The third-order valence-electron chi connectivity index (χ3n) is 5.23. The SMILES string of the molecule is CCCCn1c(O)c(C2=Nc3ccccc3SC(c3ccc(O)cc3)C2)c(=O)[nH]c1=O. The first-order chi connectivity index (χ1) is 15.0. The van der Waals surface area contributed by atoms with Gasteiger partial charge in [0, 0.05) is 23.1 Å². The number of aromatic amines is 1. The van der Waals surface area contributed by atoms with Crippen molar-refractivity contribution in [2.75, 3.05) is 0 Å². The number of para-hydroxylation sites is 1. The lowest BCUT2D eigenvalue weighted by molar-refractivity contribution is 0.394. The summed E-state index contributed by atoms with van der Waals surface area (Å²) in [5.74, 6) is -0.177. The number of nitrogens with zero attached hydrogens (tertiary/aromatic N) is 2. The van der Waals surface area contributed by atoms with Gasteiger partial charge in [0.05, 0.1) is 11.4 Å². The van der Waals surface area contributed by atoms with E-state index in [1.165, 1.54) is 4.57 Å². The number of aliphatic imine (C=N–C) groups is 1. The van der Waals surface area contributed by atoms with Crippen molar-refractivity contribution >= 4 is 23.2 Å². The number of fused-ring (bicyclic) bond motifs is 1. The molecule has 1 unspecified atom stereocenters. The summed E-state index contributed by atoms with van der Waals surface area (Å²) in [6, 6.07) is 14.5. The molecule has 0 aliphatic carbocycles. The van der Waals surface area contributed by atoms with Crippen LogP contribution in [0.4, 0.5) is 5.69 Å². The van der Waals surface area contributed by atoms with Gasteiger partial charge in [0.15, 0.2) is 0 Å². The molecule has 0 saturated carbocycles. The molecule has 8 heteroatoms. The van der Waals surface area contributed by atoms with E-state index in [9.17, 15) is 19.8 Å². The first-order valence-electron chi connectivity index (χ1n) is 10.2. The van der Waals surface area contributed by atoms with E-state index in [0.717, 1.165) is 16.9 Å². The first kappa shape index (κ1) is 21.0. The Morgan fingerprint density at radius 1 is 1.13 bits per heavy atom. The molecule has 0 saturated heterocycles.